The van der Waals surface area contributed by atoms with Crippen molar-refractivity contribution >= 4 is 11.7 Å². The van der Waals surface area contributed by atoms with Crippen molar-refractivity contribution in [1.82, 2.24) is 0 Å². The monoisotopic (exact) mass is 259 g/mol. The molecule has 0 bridgehead atoms. The van der Waals surface area contributed by atoms with E-state index in [2.05, 4.69) is 28.3 Å². The van der Waals surface area contributed by atoms with Crippen LogP contribution in [0.1, 0.15) is 27.2 Å². The number of hydrogen-bond donors (Lipinski definition) is 1. The summed E-state index contributed by atoms with van der Waals surface area (Å²) >= 11 is 0. The predicted molar refractivity (Wildman–Crippen MR) is 73.3 cm³/mol. The molecule has 1 N–H and O–H groups in total. The number of benzene rings is 1. The van der Waals surface area contributed by atoms with Crippen molar-refractivity contribution in [2.24, 2.45) is 0 Å². The van der Waals surface area contributed by atoms with Gasteiger partial charge in [0.05, 0.1) is 13.4 Å². The van der Waals surface area contributed by atoms with Crippen molar-refractivity contribution in [2.45, 2.75) is 20.4 Å². The van der Waals surface area contributed by atoms with E-state index in [-0.39, 0.29) is 5.76 Å². The van der Waals surface area contributed by atoms with E-state index in [1.165, 1.54) is 18.9 Å². The van der Waals surface area contributed by atoms with Crippen LogP contribution in [0.3, 0.4) is 0 Å². The first-order valence-electron chi connectivity index (χ1n) is 6.07. The minimum atomic E-state index is -0.456. The number of methoxy groups -OCH3 is 1. The Morgan fingerprint density at radius 1 is 1.32 bits per heavy atom. The summed E-state index contributed by atoms with van der Waals surface area (Å²) in [6.07, 6.45) is 1.49. The Morgan fingerprint density at radius 2 is 2.11 bits per heavy atom. The van der Waals surface area contributed by atoms with Gasteiger partial charge >= 0.3 is 5.97 Å². The number of aryl methyl sites for hydroxylation is 2. The minimum Gasteiger partial charge on any atom is -0.463 e. The van der Waals surface area contributed by atoms with E-state index in [4.69, 9.17) is 4.42 Å². The topological polar surface area (TPSA) is 51.5 Å². The summed E-state index contributed by atoms with van der Waals surface area (Å²) in [7, 11) is 1.34. The first kappa shape index (κ1) is 13.2. The van der Waals surface area contributed by atoms with Gasteiger partial charge in [-0.2, -0.15) is 0 Å². The Balaban J connectivity index is 2.13. The quantitative estimate of drug-likeness (QED) is 0.856. The molecule has 100 valence electrons. The lowest BCUT2D eigenvalue weighted by molar-refractivity contribution is 0.0563. The molecule has 1 aromatic carbocycles. The van der Waals surface area contributed by atoms with E-state index in [0.717, 1.165) is 16.8 Å². The van der Waals surface area contributed by atoms with E-state index in [1.54, 1.807) is 6.07 Å². The molecule has 1 heterocycles. The van der Waals surface area contributed by atoms with Crippen LogP contribution in [0.2, 0.25) is 0 Å². The highest BCUT2D eigenvalue weighted by molar-refractivity contribution is 5.87. The first-order valence-corrected chi connectivity index (χ1v) is 6.07. The van der Waals surface area contributed by atoms with Crippen molar-refractivity contribution in [3.8, 4) is 0 Å². The standard InChI is InChI=1S/C15H17NO3/c1-10-4-5-11(2)13(8-10)16-9-12-6-7-19-14(12)15(17)18-3/h4-8,16H,9H2,1-3H3. The Labute approximate surface area is 112 Å². The molecule has 0 unspecified atom stereocenters. The van der Waals surface area contributed by atoms with Gasteiger partial charge in [0.2, 0.25) is 5.76 Å². The molecular formula is C15H17NO3. The van der Waals surface area contributed by atoms with Gasteiger partial charge in [0.25, 0.3) is 0 Å². The molecule has 0 atom stereocenters. The molecule has 0 fully saturated rings. The Hall–Kier alpha value is -2.23. The number of furan rings is 1. The van der Waals surface area contributed by atoms with Gasteiger partial charge in [-0.3, -0.25) is 0 Å². The van der Waals surface area contributed by atoms with E-state index >= 15 is 0 Å². The molecular weight excluding hydrogens is 242 g/mol. The Bertz CT molecular complexity index is 587. The molecule has 0 amide bonds. The lowest BCUT2D eigenvalue weighted by Gasteiger charge is -2.10. The average Bonchev–Trinajstić information content (AvgIpc) is 2.87. The van der Waals surface area contributed by atoms with Crippen molar-refractivity contribution < 1.29 is 13.9 Å². The molecule has 0 aliphatic rings. The third-order valence-corrected chi connectivity index (χ3v) is 2.98. The number of carbonyl (C=O) groups is 1. The molecule has 0 aliphatic carbocycles. The SMILES string of the molecule is COC(=O)c1occc1CNc1cc(C)ccc1C. The van der Waals surface area contributed by atoms with Gasteiger partial charge in [-0.25, -0.2) is 4.79 Å². The highest BCUT2D eigenvalue weighted by Gasteiger charge is 2.15. The second-order valence-corrected chi connectivity index (χ2v) is 4.44. The van der Waals surface area contributed by atoms with Crippen LogP contribution in [0.5, 0.6) is 0 Å². The number of rotatable bonds is 4. The zero-order chi connectivity index (χ0) is 13.8. The molecule has 0 saturated heterocycles. The lowest BCUT2D eigenvalue weighted by atomic mass is 10.1. The Morgan fingerprint density at radius 3 is 2.84 bits per heavy atom. The highest BCUT2D eigenvalue weighted by Crippen LogP contribution is 2.19. The fourth-order valence-corrected chi connectivity index (χ4v) is 1.86. The number of anilines is 1. The zero-order valence-corrected chi connectivity index (χ0v) is 11.3. The van der Waals surface area contributed by atoms with E-state index < -0.39 is 5.97 Å². The van der Waals surface area contributed by atoms with Crippen LogP contribution in [0.25, 0.3) is 0 Å². The van der Waals surface area contributed by atoms with Gasteiger partial charge in [0, 0.05) is 17.8 Å². The van der Waals surface area contributed by atoms with Crippen LogP contribution in [0, 0.1) is 13.8 Å². The van der Waals surface area contributed by atoms with E-state index in [1.807, 2.05) is 13.8 Å². The largest absolute Gasteiger partial charge is 0.463 e. The summed E-state index contributed by atoms with van der Waals surface area (Å²) in [5, 5.41) is 3.31. The molecule has 2 rings (SSSR count). The van der Waals surface area contributed by atoms with Crippen molar-refractivity contribution in [2.75, 3.05) is 12.4 Å². The van der Waals surface area contributed by atoms with E-state index in [9.17, 15) is 4.79 Å². The van der Waals surface area contributed by atoms with Crippen LogP contribution in [0.15, 0.2) is 34.9 Å². The number of hydrogen-bond acceptors (Lipinski definition) is 4. The van der Waals surface area contributed by atoms with Gasteiger partial charge in [-0.1, -0.05) is 12.1 Å². The molecule has 0 aliphatic heterocycles. The van der Waals surface area contributed by atoms with Crippen LogP contribution < -0.4 is 5.32 Å². The fourth-order valence-electron chi connectivity index (χ4n) is 1.86. The fraction of sp³-hybridized carbons (Fsp3) is 0.267. The third kappa shape index (κ3) is 2.96. The molecule has 4 nitrogen and oxygen atoms in total. The second kappa shape index (κ2) is 5.61. The number of ether oxygens (including phenoxy) is 1. The van der Waals surface area contributed by atoms with Gasteiger partial charge in [-0.05, 0) is 37.1 Å². The maximum Gasteiger partial charge on any atom is 0.374 e. The highest BCUT2D eigenvalue weighted by atomic mass is 16.5. The number of carbonyl (C=O) groups excluding carboxylic acids is 1. The maximum atomic E-state index is 11.5. The minimum absolute atomic E-state index is 0.250. The van der Waals surface area contributed by atoms with Crippen LogP contribution in [-0.2, 0) is 11.3 Å². The van der Waals surface area contributed by atoms with Crippen molar-refractivity contribution in [3.05, 3.63) is 53.0 Å². The first-order chi connectivity index (χ1) is 9.11. The summed E-state index contributed by atoms with van der Waals surface area (Å²) in [4.78, 5) is 11.5. The van der Waals surface area contributed by atoms with Gasteiger partial charge in [0.15, 0.2) is 0 Å². The predicted octanol–water partition coefficient (Wildman–Crippen LogP) is 3.30. The molecule has 0 saturated carbocycles. The normalized spacial score (nSPS) is 10.3. The van der Waals surface area contributed by atoms with Crippen LogP contribution in [0.4, 0.5) is 5.69 Å². The van der Waals surface area contributed by atoms with Crippen LogP contribution in [-0.4, -0.2) is 13.1 Å². The molecule has 0 radical (unpaired) electrons. The molecule has 4 heteroatoms. The lowest BCUT2D eigenvalue weighted by Crippen LogP contribution is -2.07. The summed E-state index contributed by atoms with van der Waals surface area (Å²) in [6.45, 7) is 4.60. The van der Waals surface area contributed by atoms with Gasteiger partial charge < -0.3 is 14.5 Å². The average molecular weight is 259 g/mol. The summed E-state index contributed by atoms with van der Waals surface area (Å²) < 4.78 is 9.81. The van der Waals surface area contributed by atoms with Crippen molar-refractivity contribution in [1.29, 1.82) is 0 Å². The molecule has 0 spiro atoms. The van der Waals surface area contributed by atoms with Crippen LogP contribution >= 0.6 is 0 Å². The summed E-state index contributed by atoms with van der Waals surface area (Å²) in [5.74, 6) is -0.205. The number of nitrogens with one attached hydrogen (secondary N) is 1. The molecule has 19 heavy (non-hydrogen) atoms. The summed E-state index contributed by atoms with van der Waals surface area (Å²) in [5.41, 5.74) is 4.19. The smallest absolute Gasteiger partial charge is 0.374 e. The maximum absolute atomic E-state index is 11.5. The molecule has 1 aromatic heterocycles. The third-order valence-electron chi connectivity index (χ3n) is 2.98. The summed E-state index contributed by atoms with van der Waals surface area (Å²) in [6, 6.07) is 7.98. The van der Waals surface area contributed by atoms with Crippen molar-refractivity contribution in [3.63, 3.8) is 0 Å². The second-order valence-electron chi connectivity index (χ2n) is 4.44. The zero-order valence-electron chi connectivity index (χ0n) is 11.3. The Kier molecular flexibility index (Phi) is 3.90. The number of esters is 1. The van der Waals surface area contributed by atoms with E-state index in [0.29, 0.717) is 6.54 Å². The van der Waals surface area contributed by atoms with Gasteiger partial charge in [0.1, 0.15) is 0 Å². The molecule has 2 aromatic rings. The van der Waals surface area contributed by atoms with Gasteiger partial charge in [-0.15, -0.1) is 0 Å².